The third-order valence-electron chi connectivity index (χ3n) is 6.84. The van der Waals surface area contributed by atoms with Gasteiger partial charge in [-0.2, -0.15) is 0 Å². The molecule has 2 aromatic heterocycles. The number of fused-ring (bicyclic) bond motifs is 4. The second-order valence-corrected chi connectivity index (χ2v) is 10.5. The maximum Gasteiger partial charge on any atom is 0.276 e. The molecule has 7 nitrogen and oxygen atoms in total. The molecule has 0 radical (unpaired) electrons. The molecule has 0 saturated heterocycles. The summed E-state index contributed by atoms with van der Waals surface area (Å²) >= 11 is 1.49. The number of rotatable bonds is 5. The van der Waals surface area contributed by atoms with Crippen molar-refractivity contribution in [3.63, 3.8) is 0 Å². The molecule has 0 atom stereocenters. The van der Waals surface area contributed by atoms with E-state index in [1.807, 2.05) is 83.5 Å². The van der Waals surface area contributed by atoms with Crippen molar-refractivity contribution in [2.75, 3.05) is 29.6 Å². The topological polar surface area (TPSA) is 74.8 Å². The third kappa shape index (κ3) is 4.52. The summed E-state index contributed by atoms with van der Waals surface area (Å²) in [5, 5.41) is 2.97. The van der Waals surface area contributed by atoms with Crippen LogP contribution in [0.1, 0.15) is 44.6 Å². The van der Waals surface area contributed by atoms with Gasteiger partial charge in [0, 0.05) is 29.1 Å². The number of benzene rings is 2. The van der Waals surface area contributed by atoms with E-state index in [1.54, 1.807) is 6.07 Å². The first-order valence-corrected chi connectivity index (χ1v) is 13.7. The van der Waals surface area contributed by atoms with Gasteiger partial charge in [0.2, 0.25) is 0 Å². The molecular weight excluding hydrogens is 496 g/mol. The number of thiophene rings is 1. The highest BCUT2D eigenvalue weighted by Gasteiger charge is 2.28. The first kappa shape index (κ1) is 24.2. The van der Waals surface area contributed by atoms with Crippen LogP contribution in [0.4, 0.5) is 11.5 Å². The first-order chi connectivity index (χ1) is 18.6. The van der Waals surface area contributed by atoms with Gasteiger partial charge >= 0.3 is 0 Å². The van der Waals surface area contributed by atoms with Gasteiger partial charge in [0.25, 0.3) is 11.8 Å². The molecule has 0 aliphatic carbocycles. The lowest BCUT2D eigenvalue weighted by molar-refractivity contribution is 0.0955. The van der Waals surface area contributed by atoms with Crippen molar-refractivity contribution < 1.29 is 14.3 Å². The molecule has 0 fully saturated rings. The lowest BCUT2D eigenvalue weighted by atomic mass is 10.1. The largest absolute Gasteiger partial charge is 0.473 e. The van der Waals surface area contributed by atoms with Crippen LogP contribution in [0.5, 0.6) is 5.75 Å². The summed E-state index contributed by atoms with van der Waals surface area (Å²) in [6.45, 7) is 4.24. The Labute approximate surface area is 225 Å². The summed E-state index contributed by atoms with van der Waals surface area (Å²) in [6, 6.07) is 23.4. The van der Waals surface area contributed by atoms with Crippen LogP contribution in [0, 0.1) is 0 Å². The molecule has 8 heteroatoms. The Morgan fingerprint density at radius 2 is 1.87 bits per heavy atom. The van der Waals surface area contributed by atoms with Crippen LogP contribution >= 0.6 is 11.3 Å². The van der Waals surface area contributed by atoms with Gasteiger partial charge in [0.15, 0.2) is 6.73 Å². The van der Waals surface area contributed by atoms with Gasteiger partial charge in [-0.25, -0.2) is 4.98 Å². The maximum absolute atomic E-state index is 13.9. The fraction of sp³-hybridized carbons (Fsp3) is 0.233. The van der Waals surface area contributed by atoms with Crippen molar-refractivity contribution in [1.29, 1.82) is 0 Å². The summed E-state index contributed by atoms with van der Waals surface area (Å²) in [4.78, 5) is 36.8. The number of para-hydroxylation sites is 2. The predicted octanol–water partition coefficient (Wildman–Crippen LogP) is 5.51. The fourth-order valence-corrected chi connectivity index (χ4v) is 6.08. The molecule has 0 bridgehead atoms. The Balaban J connectivity index is 1.28. The van der Waals surface area contributed by atoms with Crippen molar-refractivity contribution in [3.05, 3.63) is 94.5 Å². The number of ether oxygens (including phenoxy) is 1. The van der Waals surface area contributed by atoms with Crippen LogP contribution in [0.2, 0.25) is 0 Å². The SMILES string of the molecule is CCCNC(=O)c1cc2c(s1)-c1ccccc1N(C(=O)c1cccc(N3COc4ccccc4C3)n1)CC2. The van der Waals surface area contributed by atoms with Gasteiger partial charge in [0.05, 0.1) is 17.1 Å². The normalized spacial score (nSPS) is 14.0. The predicted molar refractivity (Wildman–Crippen MR) is 150 cm³/mol. The molecule has 0 unspecified atom stereocenters. The van der Waals surface area contributed by atoms with Crippen LogP contribution in [-0.4, -0.2) is 36.6 Å². The van der Waals surface area contributed by atoms with E-state index in [4.69, 9.17) is 9.72 Å². The minimum Gasteiger partial charge on any atom is -0.473 e. The van der Waals surface area contributed by atoms with E-state index in [-0.39, 0.29) is 11.8 Å². The number of nitrogens with zero attached hydrogens (tertiary/aromatic N) is 3. The number of amides is 2. The van der Waals surface area contributed by atoms with E-state index in [9.17, 15) is 9.59 Å². The standard InChI is InChI=1S/C30H28N4O3S/c1-2-15-31-29(35)26-17-20-14-16-34(24-11-5-4-9-22(24)28(20)38-26)30(36)23-10-7-13-27(32-23)33-18-21-8-3-6-12-25(21)37-19-33/h3-13,17H,2,14-16,18-19H2,1H3,(H,31,35). The van der Waals surface area contributed by atoms with Crippen LogP contribution in [-0.2, 0) is 13.0 Å². The molecular formula is C30H28N4O3S. The van der Waals surface area contributed by atoms with Gasteiger partial charge in [-0.3, -0.25) is 9.59 Å². The quantitative estimate of drug-likeness (QED) is 0.373. The third-order valence-corrected chi connectivity index (χ3v) is 8.05. The van der Waals surface area contributed by atoms with Crippen molar-refractivity contribution in [3.8, 4) is 16.2 Å². The Morgan fingerprint density at radius 3 is 2.76 bits per heavy atom. The van der Waals surface area contributed by atoms with Crippen molar-refractivity contribution in [2.24, 2.45) is 0 Å². The summed E-state index contributed by atoms with van der Waals surface area (Å²) in [7, 11) is 0. The number of anilines is 2. The molecule has 0 spiro atoms. The molecule has 4 heterocycles. The minimum atomic E-state index is -0.145. The molecule has 2 aliphatic heterocycles. The van der Waals surface area contributed by atoms with E-state index in [0.717, 1.165) is 39.4 Å². The molecule has 2 aliphatic rings. The summed E-state index contributed by atoms with van der Waals surface area (Å²) in [5.41, 5.74) is 4.37. The summed E-state index contributed by atoms with van der Waals surface area (Å²) in [6.07, 6.45) is 1.55. The zero-order valence-electron chi connectivity index (χ0n) is 21.1. The molecule has 0 saturated carbocycles. The smallest absolute Gasteiger partial charge is 0.276 e. The molecule has 4 aromatic rings. The molecule has 2 aromatic carbocycles. The molecule has 2 amide bonds. The van der Waals surface area contributed by atoms with E-state index in [1.165, 1.54) is 11.3 Å². The number of hydrogen-bond acceptors (Lipinski definition) is 6. The lowest BCUT2D eigenvalue weighted by Gasteiger charge is -2.30. The Kier molecular flexibility index (Phi) is 6.55. The van der Waals surface area contributed by atoms with E-state index < -0.39 is 0 Å². The maximum atomic E-state index is 13.9. The number of carbonyl (C=O) groups is 2. The van der Waals surface area contributed by atoms with Crippen molar-refractivity contribution in [1.82, 2.24) is 10.3 Å². The van der Waals surface area contributed by atoms with Gasteiger partial charge in [-0.05, 0) is 48.7 Å². The molecule has 192 valence electrons. The van der Waals surface area contributed by atoms with E-state index >= 15 is 0 Å². The number of hydrogen-bond donors (Lipinski definition) is 1. The second-order valence-electron chi connectivity index (χ2n) is 9.40. The van der Waals surface area contributed by atoms with Crippen molar-refractivity contribution >= 4 is 34.7 Å². The highest BCUT2D eigenvalue weighted by atomic mass is 32.1. The minimum absolute atomic E-state index is 0.0410. The summed E-state index contributed by atoms with van der Waals surface area (Å²) in [5.74, 6) is 1.40. The van der Waals surface area contributed by atoms with Crippen LogP contribution in [0.3, 0.4) is 0 Å². The molecule has 38 heavy (non-hydrogen) atoms. The van der Waals surface area contributed by atoms with Crippen LogP contribution in [0.15, 0.2) is 72.8 Å². The monoisotopic (exact) mass is 524 g/mol. The first-order valence-electron chi connectivity index (χ1n) is 12.9. The number of carbonyl (C=O) groups excluding carboxylic acids is 2. The Morgan fingerprint density at radius 1 is 1.03 bits per heavy atom. The van der Waals surface area contributed by atoms with Gasteiger partial charge in [0.1, 0.15) is 17.3 Å². The van der Waals surface area contributed by atoms with Gasteiger partial charge in [-0.15, -0.1) is 11.3 Å². The summed E-state index contributed by atoms with van der Waals surface area (Å²) < 4.78 is 5.91. The molecule has 6 rings (SSSR count). The Hall–Kier alpha value is -4.17. The van der Waals surface area contributed by atoms with E-state index in [0.29, 0.717) is 49.2 Å². The second kappa shape index (κ2) is 10.3. The highest BCUT2D eigenvalue weighted by molar-refractivity contribution is 7.17. The average Bonchev–Trinajstić information content (AvgIpc) is 3.33. The van der Waals surface area contributed by atoms with Crippen LogP contribution < -0.4 is 19.9 Å². The van der Waals surface area contributed by atoms with Gasteiger partial charge < -0.3 is 19.9 Å². The zero-order chi connectivity index (χ0) is 26.1. The Bertz CT molecular complexity index is 1510. The number of pyridine rings is 1. The zero-order valence-corrected chi connectivity index (χ0v) is 22.0. The van der Waals surface area contributed by atoms with Gasteiger partial charge in [-0.1, -0.05) is 49.4 Å². The van der Waals surface area contributed by atoms with Crippen molar-refractivity contribution in [2.45, 2.75) is 26.3 Å². The fourth-order valence-electron chi connectivity index (χ4n) is 4.92. The number of aromatic nitrogens is 1. The average molecular weight is 525 g/mol. The lowest BCUT2D eigenvalue weighted by Crippen LogP contribution is -2.35. The van der Waals surface area contributed by atoms with Crippen LogP contribution in [0.25, 0.3) is 10.4 Å². The van der Waals surface area contributed by atoms with E-state index in [2.05, 4.69) is 5.32 Å². The number of nitrogens with one attached hydrogen (secondary N) is 1. The highest BCUT2D eigenvalue weighted by Crippen LogP contribution is 2.41. The molecule has 1 N–H and O–H groups in total.